The Morgan fingerprint density at radius 2 is 2.06 bits per heavy atom. The second-order valence-electron chi connectivity index (χ2n) is 4.17. The largest absolute Gasteiger partial charge is 0.338 e. The van der Waals surface area contributed by atoms with Crippen LogP contribution < -0.4 is 0 Å². The first-order valence-corrected chi connectivity index (χ1v) is 5.91. The number of hydrogen-bond acceptors (Lipinski definition) is 1. The van der Waals surface area contributed by atoms with E-state index in [1.165, 1.54) is 0 Å². The molecule has 1 aromatic carbocycles. The second kappa shape index (κ2) is 5.35. The van der Waals surface area contributed by atoms with Gasteiger partial charge >= 0.3 is 0 Å². The first-order chi connectivity index (χ1) is 7.49. The first kappa shape index (κ1) is 13.0. The molecule has 0 aromatic heterocycles. The summed E-state index contributed by atoms with van der Waals surface area (Å²) in [5.41, 5.74) is 2.94. The highest BCUT2D eigenvalue weighted by atomic mass is 35.5. The number of nitrogens with zero attached hydrogens (tertiary/aromatic N) is 1. The van der Waals surface area contributed by atoms with E-state index in [2.05, 4.69) is 0 Å². The molecule has 1 unspecified atom stereocenters. The highest BCUT2D eigenvalue weighted by molar-refractivity contribution is 6.18. The van der Waals surface area contributed by atoms with Crippen molar-refractivity contribution in [3.05, 3.63) is 34.9 Å². The molecule has 2 nitrogen and oxygen atoms in total. The summed E-state index contributed by atoms with van der Waals surface area (Å²) in [6.07, 6.45) is 0. The molecule has 16 heavy (non-hydrogen) atoms. The third kappa shape index (κ3) is 2.56. The maximum atomic E-state index is 12.2. The number of halogens is 1. The van der Waals surface area contributed by atoms with E-state index in [0.717, 1.165) is 16.7 Å². The molecule has 0 saturated carbocycles. The Balaban J connectivity index is 3.01. The summed E-state index contributed by atoms with van der Waals surface area (Å²) in [5.74, 6) is 0.488. The van der Waals surface area contributed by atoms with Crippen molar-refractivity contribution in [1.29, 1.82) is 0 Å². The van der Waals surface area contributed by atoms with Crippen molar-refractivity contribution in [1.82, 2.24) is 4.90 Å². The molecule has 0 heterocycles. The van der Waals surface area contributed by atoms with E-state index in [4.69, 9.17) is 11.6 Å². The number of carbonyl (C=O) groups is 1. The predicted molar refractivity (Wildman–Crippen MR) is 68.2 cm³/mol. The van der Waals surface area contributed by atoms with Gasteiger partial charge in [0.2, 0.25) is 0 Å². The van der Waals surface area contributed by atoms with Crippen LogP contribution in [0.15, 0.2) is 18.2 Å². The summed E-state index contributed by atoms with van der Waals surface area (Å²) in [5, 5.41) is 0. The zero-order valence-corrected chi connectivity index (χ0v) is 11.0. The van der Waals surface area contributed by atoms with Crippen molar-refractivity contribution in [3.63, 3.8) is 0 Å². The second-order valence-corrected chi connectivity index (χ2v) is 4.48. The fourth-order valence-corrected chi connectivity index (χ4v) is 1.68. The Morgan fingerprint density at radius 3 is 2.62 bits per heavy atom. The zero-order valence-electron chi connectivity index (χ0n) is 10.2. The number of benzene rings is 1. The molecule has 0 spiro atoms. The number of hydrogen-bond donors (Lipinski definition) is 0. The maximum absolute atomic E-state index is 12.2. The molecular weight excluding hydrogens is 222 g/mol. The van der Waals surface area contributed by atoms with Crippen LogP contribution in [0.3, 0.4) is 0 Å². The van der Waals surface area contributed by atoms with Crippen molar-refractivity contribution in [2.45, 2.75) is 26.8 Å². The average Bonchev–Trinajstić information content (AvgIpc) is 2.29. The average molecular weight is 240 g/mol. The SMILES string of the molecule is Cc1cccc(C(=O)N(C)C(C)CCl)c1C. The molecule has 88 valence electrons. The zero-order chi connectivity index (χ0) is 12.3. The lowest BCUT2D eigenvalue weighted by Crippen LogP contribution is -2.36. The third-order valence-corrected chi connectivity index (χ3v) is 3.49. The van der Waals surface area contributed by atoms with E-state index in [1.807, 2.05) is 39.0 Å². The molecule has 0 aliphatic rings. The molecule has 0 fully saturated rings. The summed E-state index contributed by atoms with van der Waals surface area (Å²) >= 11 is 5.76. The lowest BCUT2D eigenvalue weighted by Gasteiger charge is -2.24. The molecule has 1 atom stereocenters. The quantitative estimate of drug-likeness (QED) is 0.743. The van der Waals surface area contributed by atoms with E-state index in [0.29, 0.717) is 5.88 Å². The van der Waals surface area contributed by atoms with Gasteiger partial charge in [-0.15, -0.1) is 11.6 Å². The van der Waals surface area contributed by atoms with E-state index >= 15 is 0 Å². The summed E-state index contributed by atoms with van der Waals surface area (Å²) in [7, 11) is 1.79. The van der Waals surface area contributed by atoms with Crippen LogP contribution in [0.25, 0.3) is 0 Å². The van der Waals surface area contributed by atoms with Gasteiger partial charge < -0.3 is 4.90 Å². The van der Waals surface area contributed by atoms with Gasteiger partial charge in [-0.25, -0.2) is 0 Å². The fourth-order valence-electron chi connectivity index (χ4n) is 1.48. The smallest absolute Gasteiger partial charge is 0.254 e. The Kier molecular flexibility index (Phi) is 4.36. The van der Waals surface area contributed by atoms with E-state index in [-0.39, 0.29) is 11.9 Å². The summed E-state index contributed by atoms with van der Waals surface area (Å²) in [4.78, 5) is 13.9. The number of rotatable bonds is 3. The van der Waals surface area contributed by atoms with Crippen LogP contribution in [0.2, 0.25) is 0 Å². The van der Waals surface area contributed by atoms with Gasteiger partial charge in [-0.3, -0.25) is 4.79 Å². The molecular formula is C13H18ClNO. The minimum atomic E-state index is 0.0364. The maximum Gasteiger partial charge on any atom is 0.254 e. The van der Waals surface area contributed by atoms with Crippen LogP contribution in [-0.4, -0.2) is 29.8 Å². The highest BCUT2D eigenvalue weighted by Gasteiger charge is 2.18. The first-order valence-electron chi connectivity index (χ1n) is 5.38. The van der Waals surface area contributed by atoms with E-state index in [9.17, 15) is 4.79 Å². The molecule has 0 saturated heterocycles. The Morgan fingerprint density at radius 1 is 1.44 bits per heavy atom. The van der Waals surface area contributed by atoms with Gasteiger partial charge in [-0.05, 0) is 38.0 Å². The molecule has 1 amide bonds. The Labute approximate surface area is 102 Å². The van der Waals surface area contributed by atoms with Crippen LogP contribution in [0.5, 0.6) is 0 Å². The van der Waals surface area contributed by atoms with Crippen molar-refractivity contribution < 1.29 is 4.79 Å². The van der Waals surface area contributed by atoms with Crippen molar-refractivity contribution in [3.8, 4) is 0 Å². The Hall–Kier alpha value is -1.02. The monoisotopic (exact) mass is 239 g/mol. The lowest BCUT2D eigenvalue weighted by molar-refractivity contribution is 0.0756. The minimum absolute atomic E-state index is 0.0364. The molecule has 0 bridgehead atoms. The summed E-state index contributed by atoms with van der Waals surface area (Å²) in [6.45, 7) is 5.93. The molecule has 1 rings (SSSR count). The summed E-state index contributed by atoms with van der Waals surface area (Å²) < 4.78 is 0. The minimum Gasteiger partial charge on any atom is -0.338 e. The van der Waals surface area contributed by atoms with Gasteiger partial charge in [0.1, 0.15) is 0 Å². The normalized spacial score (nSPS) is 12.3. The van der Waals surface area contributed by atoms with Gasteiger partial charge in [-0.1, -0.05) is 12.1 Å². The van der Waals surface area contributed by atoms with Gasteiger partial charge in [-0.2, -0.15) is 0 Å². The third-order valence-electron chi connectivity index (χ3n) is 3.04. The van der Waals surface area contributed by atoms with E-state index in [1.54, 1.807) is 11.9 Å². The lowest BCUT2D eigenvalue weighted by atomic mass is 10.0. The number of aryl methyl sites for hydroxylation is 1. The number of alkyl halides is 1. The van der Waals surface area contributed by atoms with Crippen molar-refractivity contribution >= 4 is 17.5 Å². The van der Waals surface area contributed by atoms with Crippen LogP contribution in [0.4, 0.5) is 0 Å². The standard InChI is InChI=1S/C13H18ClNO/c1-9-6-5-7-12(11(9)3)13(16)15(4)10(2)8-14/h5-7,10H,8H2,1-4H3. The molecule has 0 aliphatic carbocycles. The summed E-state index contributed by atoms with van der Waals surface area (Å²) in [6, 6.07) is 5.84. The molecule has 0 N–H and O–H groups in total. The van der Waals surface area contributed by atoms with Crippen LogP contribution in [0, 0.1) is 13.8 Å². The fraction of sp³-hybridized carbons (Fsp3) is 0.462. The van der Waals surface area contributed by atoms with Gasteiger partial charge in [0.05, 0.1) is 0 Å². The Bertz CT molecular complexity index is 390. The van der Waals surface area contributed by atoms with Crippen molar-refractivity contribution in [2.75, 3.05) is 12.9 Å². The molecule has 0 aliphatic heterocycles. The number of carbonyl (C=O) groups excluding carboxylic acids is 1. The van der Waals surface area contributed by atoms with Crippen LogP contribution >= 0.6 is 11.6 Å². The molecule has 3 heteroatoms. The predicted octanol–water partition coefficient (Wildman–Crippen LogP) is 3.00. The number of amides is 1. The van der Waals surface area contributed by atoms with E-state index < -0.39 is 0 Å². The van der Waals surface area contributed by atoms with Crippen molar-refractivity contribution in [2.24, 2.45) is 0 Å². The molecule has 0 radical (unpaired) electrons. The van der Waals surface area contributed by atoms with Crippen LogP contribution in [-0.2, 0) is 0 Å². The molecule has 1 aromatic rings. The highest BCUT2D eigenvalue weighted by Crippen LogP contribution is 2.15. The van der Waals surface area contributed by atoms with Crippen LogP contribution in [0.1, 0.15) is 28.4 Å². The van der Waals surface area contributed by atoms with Gasteiger partial charge in [0.15, 0.2) is 0 Å². The van der Waals surface area contributed by atoms with Gasteiger partial charge in [0, 0.05) is 24.5 Å². The van der Waals surface area contributed by atoms with Gasteiger partial charge in [0.25, 0.3) is 5.91 Å². The topological polar surface area (TPSA) is 20.3 Å².